The Morgan fingerprint density at radius 3 is 2.39 bits per heavy atom. The summed E-state index contributed by atoms with van der Waals surface area (Å²) in [5, 5.41) is 8.70. The molecule has 0 aliphatic carbocycles. The van der Waals surface area contributed by atoms with Crippen molar-refractivity contribution in [3.8, 4) is 11.5 Å². The van der Waals surface area contributed by atoms with Gasteiger partial charge in [-0.1, -0.05) is 36.4 Å². The summed E-state index contributed by atoms with van der Waals surface area (Å²) in [6.45, 7) is 2.23. The first-order valence-electron chi connectivity index (χ1n) is 7.11. The molecule has 0 aliphatic rings. The predicted molar refractivity (Wildman–Crippen MR) is 84.9 cm³/mol. The van der Waals surface area contributed by atoms with Crippen LogP contribution in [0, 0.1) is 6.92 Å². The van der Waals surface area contributed by atoms with Crippen LogP contribution in [0.3, 0.4) is 0 Å². The van der Waals surface area contributed by atoms with Crippen molar-refractivity contribution in [1.82, 2.24) is 0 Å². The molecule has 5 nitrogen and oxygen atoms in total. The Kier molecular flexibility index (Phi) is 5.36. The van der Waals surface area contributed by atoms with E-state index in [1.807, 2.05) is 37.3 Å². The fourth-order valence-corrected chi connectivity index (χ4v) is 2.24. The van der Waals surface area contributed by atoms with E-state index in [0.29, 0.717) is 23.7 Å². The average Bonchev–Trinajstić information content (AvgIpc) is 2.54. The molecule has 1 N–H and O–H groups in total. The normalized spacial score (nSPS) is 10.2. The van der Waals surface area contributed by atoms with Gasteiger partial charge in [0.1, 0.15) is 6.61 Å². The number of carboxylic acids is 1. The molecule has 0 saturated heterocycles. The van der Waals surface area contributed by atoms with Gasteiger partial charge in [0.15, 0.2) is 11.5 Å². The summed E-state index contributed by atoms with van der Waals surface area (Å²) < 4.78 is 11.1. The molecule has 5 heteroatoms. The fourth-order valence-electron chi connectivity index (χ4n) is 2.24. The standard InChI is InChI=1S/C18H18O5/c1-12-8-14(9-15(19)18(20)21)10-16(22-2)17(12)23-11-13-6-4-3-5-7-13/h3-8,10H,9,11H2,1-2H3,(H,20,21). The topological polar surface area (TPSA) is 72.8 Å². The third kappa shape index (κ3) is 4.32. The van der Waals surface area contributed by atoms with E-state index in [9.17, 15) is 9.59 Å². The number of Topliss-reactive ketones (excluding diaryl/α,β-unsaturated/α-hetero) is 1. The van der Waals surface area contributed by atoms with Crippen LogP contribution in [-0.2, 0) is 22.6 Å². The van der Waals surface area contributed by atoms with Crippen LogP contribution in [0.4, 0.5) is 0 Å². The molecule has 2 aromatic rings. The number of ether oxygens (including phenoxy) is 2. The van der Waals surface area contributed by atoms with Crippen LogP contribution in [0.5, 0.6) is 11.5 Å². The lowest BCUT2D eigenvalue weighted by Crippen LogP contribution is -2.15. The number of carbonyl (C=O) groups excluding carboxylic acids is 1. The first-order valence-corrected chi connectivity index (χ1v) is 7.11. The smallest absolute Gasteiger partial charge is 0.372 e. The van der Waals surface area contributed by atoms with Crippen LogP contribution in [0.2, 0.25) is 0 Å². The maximum absolute atomic E-state index is 11.3. The van der Waals surface area contributed by atoms with Crippen LogP contribution >= 0.6 is 0 Å². The minimum Gasteiger partial charge on any atom is -0.493 e. The van der Waals surface area contributed by atoms with Gasteiger partial charge >= 0.3 is 5.97 Å². The molecule has 0 aromatic heterocycles. The van der Waals surface area contributed by atoms with Gasteiger partial charge in [0.05, 0.1) is 7.11 Å². The first kappa shape index (κ1) is 16.5. The molecule has 120 valence electrons. The molecule has 2 rings (SSSR count). The van der Waals surface area contributed by atoms with Gasteiger partial charge in [-0.15, -0.1) is 0 Å². The van der Waals surface area contributed by atoms with Crippen molar-refractivity contribution in [2.75, 3.05) is 7.11 Å². The Morgan fingerprint density at radius 1 is 1.09 bits per heavy atom. The van der Waals surface area contributed by atoms with E-state index in [4.69, 9.17) is 14.6 Å². The van der Waals surface area contributed by atoms with Crippen molar-refractivity contribution in [2.45, 2.75) is 20.0 Å². The Hall–Kier alpha value is -2.82. The van der Waals surface area contributed by atoms with E-state index in [2.05, 4.69) is 0 Å². The van der Waals surface area contributed by atoms with Gasteiger partial charge in [0.25, 0.3) is 0 Å². The van der Waals surface area contributed by atoms with Crippen molar-refractivity contribution in [3.63, 3.8) is 0 Å². The SMILES string of the molecule is COc1cc(CC(=O)C(=O)O)cc(C)c1OCc1ccccc1. The highest BCUT2D eigenvalue weighted by molar-refractivity contribution is 6.33. The monoisotopic (exact) mass is 314 g/mol. The molecule has 0 heterocycles. The number of carboxylic acid groups (broad SMARTS) is 1. The van der Waals surface area contributed by atoms with Crippen molar-refractivity contribution in [2.24, 2.45) is 0 Å². The quantitative estimate of drug-likeness (QED) is 0.796. The second kappa shape index (κ2) is 7.45. The summed E-state index contributed by atoms with van der Waals surface area (Å²) in [4.78, 5) is 22.0. The number of ketones is 1. The highest BCUT2D eigenvalue weighted by atomic mass is 16.5. The first-order chi connectivity index (χ1) is 11.0. The number of aryl methyl sites for hydroxylation is 1. The van der Waals surface area contributed by atoms with E-state index in [1.54, 1.807) is 12.1 Å². The molecule has 0 spiro atoms. The second-order valence-corrected chi connectivity index (χ2v) is 5.12. The number of hydrogen-bond donors (Lipinski definition) is 1. The van der Waals surface area contributed by atoms with E-state index >= 15 is 0 Å². The Labute approximate surface area is 134 Å². The van der Waals surface area contributed by atoms with Gasteiger partial charge in [-0.25, -0.2) is 4.79 Å². The zero-order valence-electron chi connectivity index (χ0n) is 13.0. The number of methoxy groups -OCH3 is 1. The Morgan fingerprint density at radius 2 is 1.78 bits per heavy atom. The maximum atomic E-state index is 11.3. The average molecular weight is 314 g/mol. The number of aliphatic carboxylic acids is 1. The lowest BCUT2D eigenvalue weighted by atomic mass is 10.0. The van der Waals surface area contributed by atoms with Gasteiger partial charge < -0.3 is 14.6 Å². The van der Waals surface area contributed by atoms with Gasteiger partial charge in [-0.2, -0.15) is 0 Å². The summed E-state index contributed by atoms with van der Waals surface area (Å²) in [7, 11) is 1.51. The third-order valence-electron chi connectivity index (χ3n) is 3.35. The molecule has 0 atom stereocenters. The van der Waals surface area contributed by atoms with E-state index in [-0.39, 0.29) is 6.42 Å². The molecular formula is C18H18O5. The van der Waals surface area contributed by atoms with E-state index < -0.39 is 11.8 Å². The molecule has 23 heavy (non-hydrogen) atoms. The highest BCUT2D eigenvalue weighted by Crippen LogP contribution is 2.33. The van der Waals surface area contributed by atoms with E-state index in [0.717, 1.165) is 11.1 Å². The van der Waals surface area contributed by atoms with Crippen molar-refractivity contribution >= 4 is 11.8 Å². The number of carbonyl (C=O) groups is 2. The maximum Gasteiger partial charge on any atom is 0.372 e. The summed E-state index contributed by atoms with van der Waals surface area (Å²) in [5.41, 5.74) is 2.39. The molecular weight excluding hydrogens is 296 g/mol. The minimum atomic E-state index is -1.44. The second-order valence-electron chi connectivity index (χ2n) is 5.12. The van der Waals surface area contributed by atoms with Crippen LogP contribution < -0.4 is 9.47 Å². The molecule has 0 aliphatic heterocycles. The van der Waals surface area contributed by atoms with Crippen LogP contribution in [-0.4, -0.2) is 24.0 Å². The Bertz CT molecular complexity index is 707. The summed E-state index contributed by atoms with van der Waals surface area (Å²) >= 11 is 0. The zero-order chi connectivity index (χ0) is 16.8. The molecule has 0 radical (unpaired) electrons. The van der Waals surface area contributed by atoms with Gasteiger partial charge in [-0.3, -0.25) is 4.79 Å². The number of benzene rings is 2. The van der Waals surface area contributed by atoms with Crippen LogP contribution in [0.15, 0.2) is 42.5 Å². The summed E-state index contributed by atoms with van der Waals surface area (Å²) in [5.74, 6) is -1.23. The van der Waals surface area contributed by atoms with Gasteiger partial charge in [0, 0.05) is 6.42 Å². The molecule has 0 fully saturated rings. The molecule has 0 bridgehead atoms. The van der Waals surface area contributed by atoms with Gasteiger partial charge in [-0.05, 0) is 29.7 Å². The third-order valence-corrected chi connectivity index (χ3v) is 3.35. The van der Waals surface area contributed by atoms with Crippen LogP contribution in [0.1, 0.15) is 16.7 Å². The zero-order valence-corrected chi connectivity index (χ0v) is 13.0. The minimum absolute atomic E-state index is 0.175. The van der Waals surface area contributed by atoms with Crippen molar-refractivity contribution in [3.05, 3.63) is 59.2 Å². The fraction of sp³-hybridized carbons (Fsp3) is 0.222. The Balaban J connectivity index is 2.19. The van der Waals surface area contributed by atoms with E-state index in [1.165, 1.54) is 7.11 Å². The number of rotatable bonds is 7. The summed E-state index contributed by atoms with van der Waals surface area (Å²) in [6.07, 6.45) is -0.175. The lowest BCUT2D eigenvalue weighted by molar-refractivity contribution is -0.148. The number of hydrogen-bond acceptors (Lipinski definition) is 4. The highest BCUT2D eigenvalue weighted by Gasteiger charge is 2.16. The summed E-state index contributed by atoms with van der Waals surface area (Å²) in [6, 6.07) is 13.1. The lowest BCUT2D eigenvalue weighted by Gasteiger charge is -2.15. The van der Waals surface area contributed by atoms with Gasteiger partial charge in [0.2, 0.25) is 5.78 Å². The van der Waals surface area contributed by atoms with Crippen molar-refractivity contribution in [1.29, 1.82) is 0 Å². The van der Waals surface area contributed by atoms with Crippen molar-refractivity contribution < 1.29 is 24.2 Å². The largest absolute Gasteiger partial charge is 0.493 e. The molecule has 2 aromatic carbocycles. The van der Waals surface area contributed by atoms with Crippen LogP contribution in [0.25, 0.3) is 0 Å². The molecule has 0 saturated carbocycles. The predicted octanol–water partition coefficient (Wildman–Crippen LogP) is 2.78. The molecule has 0 amide bonds. The molecule has 0 unspecified atom stereocenters.